The molecule has 2 aromatic carbocycles. The van der Waals surface area contributed by atoms with Gasteiger partial charge in [0.25, 0.3) is 0 Å². The average Bonchev–Trinajstić information content (AvgIpc) is 2.55. The number of rotatable bonds is 6. The normalized spacial score (nSPS) is 13.4. The summed E-state index contributed by atoms with van der Waals surface area (Å²) >= 11 is 0. The van der Waals surface area contributed by atoms with Crippen molar-refractivity contribution in [1.82, 2.24) is 5.32 Å². The van der Waals surface area contributed by atoms with E-state index in [-0.39, 0.29) is 23.8 Å². The third-order valence-corrected chi connectivity index (χ3v) is 3.84. The van der Waals surface area contributed by atoms with Gasteiger partial charge in [0.2, 0.25) is 5.91 Å². The summed E-state index contributed by atoms with van der Waals surface area (Å²) in [7, 11) is 0. The summed E-state index contributed by atoms with van der Waals surface area (Å²) in [4.78, 5) is 12.3. The summed E-state index contributed by atoms with van der Waals surface area (Å²) < 4.78 is 12.9. The van der Waals surface area contributed by atoms with Crippen LogP contribution in [0, 0.1) is 12.7 Å². The molecule has 0 aliphatic rings. The van der Waals surface area contributed by atoms with Crippen LogP contribution in [0.5, 0.6) is 0 Å². The van der Waals surface area contributed by atoms with Crippen LogP contribution in [0.1, 0.15) is 37.4 Å². The molecule has 2 N–H and O–H groups in total. The predicted molar refractivity (Wildman–Crippen MR) is 91.8 cm³/mol. The van der Waals surface area contributed by atoms with Crippen molar-refractivity contribution in [3.05, 3.63) is 65.5 Å². The first kappa shape index (κ1) is 17.2. The molecule has 0 aromatic heterocycles. The summed E-state index contributed by atoms with van der Waals surface area (Å²) in [6.07, 6.45) is 0.886. The molecule has 4 heteroatoms. The standard InChI is InChI=1S/C19H23FN2O/c1-4-18(15-7-5-13(2)6-8-15)21-14(3)19(23)22-17-11-9-16(20)10-12-17/h5-12,14,18,21H,4H2,1-3H3,(H,22,23). The number of halogens is 1. The highest BCUT2D eigenvalue weighted by Gasteiger charge is 2.18. The first-order valence-electron chi connectivity index (χ1n) is 7.88. The number of anilines is 1. The van der Waals surface area contributed by atoms with Crippen LogP contribution in [0.4, 0.5) is 10.1 Å². The van der Waals surface area contributed by atoms with Gasteiger partial charge in [0.05, 0.1) is 6.04 Å². The Labute approximate surface area is 136 Å². The van der Waals surface area contributed by atoms with Crippen LogP contribution >= 0.6 is 0 Å². The fourth-order valence-corrected chi connectivity index (χ4v) is 2.41. The Morgan fingerprint density at radius 1 is 1.09 bits per heavy atom. The number of carbonyl (C=O) groups excluding carboxylic acids is 1. The van der Waals surface area contributed by atoms with Gasteiger partial charge in [-0.05, 0) is 50.1 Å². The molecule has 0 aliphatic heterocycles. The van der Waals surface area contributed by atoms with Gasteiger partial charge in [0.1, 0.15) is 5.82 Å². The van der Waals surface area contributed by atoms with Crippen LogP contribution in [-0.4, -0.2) is 11.9 Å². The number of benzene rings is 2. The van der Waals surface area contributed by atoms with E-state index in [1.807, 2.05) is 6.92 Å². The predicted octanol–water partition coefficient (Wildman–Crippen LogP) is 4.20. The Kier molecular flexibility index (Phi) is 5.88. The highest BCUT2D eigenvalue weighted by Crippen LogP contribution is 2.18. The molecule has 122 valence electrons. The number of hydrogen-bond acceptors (Lipinski definition) is 2. The average molecular weight is 314 g/mol. The zero-order valence-electron chi connectivity index (χ0n) is 13.8. The fourth-order valence-electron chi connectivity index (χ4n) is 2.41. The molecule has 0 aliphatic carbocycles. The second-order valence-corrected chi connectivity index (χ2v) is 5.76. The Balaban J connectivity index is 1.98. The first-order chi connectivity index (χ1) is 11.0. The van der Waals surface area contributed by atoms with E-state index in [0.717, 1.165) is 6.42 Å². The van der Waals surface area contributed by atoms with Crippen molar-refractivity contribution in [3.63, 3.8) is 0 Å². The molecule has 0 fully saturated rings. The van der Waals surface area contributed by atoms with Gasteiger partial charge in [-0.2, -0.15) is 0 Å². The molecule has 0 bridgehead atoms. The van der Waals surface area contributed by atoms with Crippen molar-refractivity contribution in [2.24, 2.45) is 0 Å². The number of aryl methyl sites for hydroxylation is 1. The Morgan fingerprint density at radius 2 is 1.70 bits per heavy atom. The number of carbonyl (C=O) groups is 1. The van der Waals surface area contributed by atoms with Crippen molar-refractivity contribution < 1.29 is 9.18 Å². The van der Waals surface area contributed by atoms with E-state index in [1.165, 1.54) is 23.3 Å². The number of hydrogen-bond donors (Lipinski definition) is 2. The van der Waals surface area contributed by atoms with Gasteiger partial charge >= 0.3 is 0 Å². The fraction of sp³-hybridized carbons (Fsp3) is 0.316. The van der Waals surface area contributed by atoms with Gasteiger partial charge < -0.3 is 5.32 Å². The number of nitrogens with one attached hydrogen (secondary N) is 2. The van der Waals surface area contributed by atoms with Crippen molar-refractivity contribution in [3.8, 4) is 0 Å². The second-order valence-electron chi connectivity index (χ2n) is 5.76. The summed E-state index contributed by atoms with van der Waals surface area (Å²) in [5, 5.41) is 6.14. The molecule has 0 saturated heterocycles. The van der Waals surface area contributed by atoms with Crippen molar-refractivity contribution in [2.45, 2.75) is 39.3 Å². The van der Waals surface area contributed by atoms with E-state index in [4.69, 9.17) is 0 Å². The second kappa shape index (κ2) is 7.88. The third-order valence-electron chi connectivity index (χ3n) is 3.84. The quantitative estimate of drug-likeness (QED) is 0.839. The van der Waals surface area contributed by atoms with Gasteiger partial charge in [0, 0.05) is 11.7 Å². The Morgan fingerprint density at radius 3 is 2.26 bits per heavy atom. The molecule has 0 saturated carbocycles. The van der Waals surface area contributed by atoms with Gasteiger partial charge in [-0.25, -0.2) is 4.39 Å². The molecule has 2 unspecified atom stereocenters. The highest BCUT2D eigenvalue weighted by atomic mass is 19.1. The zero-order valence-corrected chi connectivity index (χ0v) is 13.8. The lowest BCUT2D eigenvalue weighted by Crippen LogP contribution is -2.40. The maximum absolute atomic E-state index is 12.9. The molecule has 2 aromatic rings. The Hall–Kier alpha value is -2.20. The zero-order chi connectivity index (χ0) is 16.8. The van der Waals surface area contributed by atoms with Crippen LogP contribution in [0.15, 0.2) is 48.5 Å². The maximum atomic E-state index is 12.9. The van der Waals surface area contributed by atoms with E-state index in [0.29, 0.717) is 5.69 Å². The molecule has 3 nitrogen and oxygen atoms in total. The van der Waals surface area contributed by atoms with Gasteiger partial charge in [-0.3, -0.25) is 10.1 Å². The molecule has 0 spiro atoms. The molecule has 1 amide bonds. The molecule has 0 heterocycles. The lowest BCUT2D eigenvalue weighted by molar-refractivity contribution is -0.118. The van der Waals surface area contributed by atoms with Gasteiger partial charge in [-0.1, -0.05) is 36.8 Å². The van der Waals surface area contributed by atoms with Crippen molar-refractivity contribution in [2.75, 3.05) is 5.32 Å². The van der Waals surface area contributed by atoms with Crippen LogP contribution in [0.3, 0.4) is 0 Å². The van der Waals surface area contributed by atoms with Crippen LogP contribution < -0.4 is 10.6 Å². The van der Waals surface area contributed by atoms with Gasteiger partial charge in [-0.15, -0.1) is 0 Å². The molecule has 2 rings (SSSR count). The largest absolute Gasteiger partial charge is 0.325 e. The van der Waals surface area contributed by atoms with E-state index >= 15 is 0 Å². The minimum Gasteiger partial charge on any atom is -0.325 e. The van der Waals surface area contributed by atoms with Crippen molar-refractivity contribution in [1.29, 1.82) is 0 Å². The molecular weight excluding hydrogens is 291 g/mol. The number of amides is 1. The summed E-state index contributed by atoms with van der Waals surface area (Å²) in [6, 6.07) is 13.8. The van der Waals surface area contributed by atoms with E-state index in [1.54, 1.807) is 12.1 Å². The van der Waals surface area contributed by atoms with E-state index in [2.05, 4.69) is 48.7 Å². The lowest BCUT2D eigenvalue weighted by atomic mass is 10.0. The Bertz CT molecular complexity index is 637. The SMILES string of the molecule is CCC(NC(C)C(=O)Nc1ccc(F)cc1)c1ccc(C)cc1. The highest BCUT2D eigenvalue weighted by molar-refractivity contribution is 5.94. The van der Waals surface area contributed by atoms with Crippen LogP contribution in [-0.2, 0) is 4.79 Å². The smallest absolute Gasteiger partial charge is 0.241 e. The molecular formula is C19H23FN2O. The third kappa shape index (κ3) is 4.89. The minimum absolute atomic E-state index is 0.115. The van der Waals surface area contributed by atoms with E-state index in [9.17, 15) is 9.18 Å². The van der Waals surface area contributed by atoms with E-state index < -0.39 is 0 Å². The first-order valence-corrected chi connectivity index (χ1v) is 7.88. The lowest BCUT2D eigenvalue weighted by Gasteiger charge is -2.22. The van der Waals surface area contributed by atoms with Gasteiger partial charge in [0.15, 0.2) is 0 Å². The maximum Gasteiger partial charge on any atom is 0.241 e. The summed E-state index contributed by atoms with van der Waals surface area (Å²) in [6.45, 7) is 5.97. The summed E-state index contributed by atoms with van der Waals surface area (Å²) in [5.74, 6) is -0.457. The summed E-state index contributed by atoms with van der Waals surface area (Å²) in [5.41, 5.74) is 2.97. The monoisotopic (exact) mass is 314 g/mol. The van der Waals surface area contributed by atoms with Crippen LogP contribution in [0.2, 0.25) is 0 Å². The molecule has 2 atom stereocenters. The van der Waals surface area contributed by atoms with Crippen LogP contribution in [0.25, 0.3) is 0 Å². The minimum atomic E-state index is -0.355. The molecule has 0 radical (unpaired) electrons. The topological polar surface area (TPSA) is 41.1 Å². The van der Waals surface area contributed by atoms with Crippen molar-refractivity contribution >= 4 is 11.6 Å². The molecule has 23 heavy (non-hydrogen) atoms.